The van der Waals surface area contributed by atoms with Gasteiger partial charge in [0.05, 0.1) is 6.20 Å². The Morgan fingerprint density at radius 2 is 1.69 bits per heavy atom. The van der Waals surface area contributed by atoms with E-state index in [2.05, 4.69) is 14.9 Å². The summed E-state index contributed by atoms with van der Waals surface area (Å²) in [5.74, 6) is 0.377. The largest absolute Gasteiger partial charge is 0.451 e. The van der Waals surface area contributed by atoms with Gasteiger partial charge in [-0.05, 0) is 68.1 Å². The zero-order valence-corrected chi connectivity index (χ0v) is 18.0. The van der Waals surface area contributed by atoms with Crippen LogP contribution in [-0.4, -0.2) is 23.1 Å². The van der Waals surface area contributed by atoms with Gasteiger partial charge in [0, 0.05) is 24.1 Å². The number of benzene rings is 2. The minimum absolute atomic E-state index is 0.118. The van der Waals surface area contributed by atoms with Crippen molar-refractivity contribution in [2.45, 2.75) is 38.8 Å². The quantitative estimate of drug-likeness (QED) is 0.461. The van der Waals surface area contributed by atoms with Gasteiger partial charge in [-0.2, -0.15) is 0 Å². The van der Waals surface area contributed by atoms with E-state index in [9.17, 15) is 13.2 Å². The van der Waals surface area contributed by atoms with E-state index in [-0.39, 0.29) is 5.56 Å². The molecule has 166 valence electrons. The fraction of sp³-hybridized carbons (Fsp3) is 0.360. The monoisotopic (exact) mass is 439 g/mol. The molecule has 2 aromatic carbocycles. The molecular formula is C25H24F3N3O. The number of anilines is 1. The summed E-state index contributed by atoms with van der Waals surface area (Å²) in [6.45, 7) is 4.53. The molecule has 2 heterocycles. The first-order chi connectivity index (χ1) is 15.2. The van der Waals surface area contributed by atoms with E-state index in [1.807, 2.05) is 0 Å². The molecule has 1 saturated carbocycles. The van der Waals surface area contributed by atoms with Crippen LogP contribution in [0.1, 0.15) is 38.7 Å². The summed E-state index contributed by atoms with van der Waals surface area (Å²) in [5, 5.41) is 0. The topological polar surface area (TPSA) is 38.3 Å². The minimum atomic E-state index is -1.84. The van der Waals surface area contributed by atoms with Crippen LogP contribution >= 0.6 is 0 Å². The third-order valence-electron chi connectivity index (χ3n) is 6.50. The summed E-state index contributed by atoms with van der Waals surface area (Å²) in [6.07, 6.45) is 6.79. The lowest BCUT2D eigenvalue weighted by atomic mass is 9.63. The van der Waals surface area contributed by atoms with Crippen LogP contribution in [-0.2, 0) is 5.67 Å². The van der Waals surface area contributed by atoms with Gasteiger partial charge in [0.1, 0.15) is 29.4 Å². The van der Waals surface area contributed by atoms with E-state index in [4.69, 9.17) is 4.74 Å². The molecule has 0 N–H and O–H groups in total. The Morgan fingerprint density at radius 1 is 0.969 bits per heavy atom. The smallest absolute Gasteiger partial charge is 0.188 e. The molecule has 1 aliphatic carbocycles. The lowest BCUT2D eigenvalue weighted by molar-refractivity contribution is 0.0892. The van der Waals surface area contributed by atoms with E-state index in [1.54, 1.807) is 6.20 Å². The Balaban J connectivity index is 1.53. The average molecular weight is 439 g/mol. The first-order valence-corrected chi connectivity index (χ1v) is 10.8. The van der Waals surface area contributed by atoms with Crippen molar-refractivity contribution in [2.75, 3.05) is 18.0 Å². The SMILES string of the molecule is CC(C)(F)c1cc(F)ccc1-c1cc(F)ccc1Oc1cncnc1N1CC2(CCC2)C1. The molecule has 5 rings (SSSR count). The highest BCUT2D eigenvalue weighted by Gasteiger charge is 2.48. The van der Waals surface area contributed by atoms with Gasteiger partial charge >= 0.3 is 0 Å². The van der Waals surface area contributed by atoms with Crippen molar-refractivity contribution in [3.05, 3.63) is 66.1 Å². The highest BCUT2D eigenvalue weighted by molar-refractivity contribution is 5.75. The Morgan fingerprint density at radius 3 is 2.38 bits per heavy atom. The molecule has 3 aromatic rings. The van der Waals surface area contributed by atoms with Crippen LogP contribution in [0.25, 0.3) is 11.1 Å². The second-order valence-electron chi connectivity index (χ2n) is 9.33. The zero-order valence-electron chi connectivity index (χ0n) is 18.0. The number of nitrogens with zero attached hydrogens (tertiary/aromatic N) is 3. The number of halogens is 3. The van der Waals surface area contributed by atoms with Crippen molar-refractivity contribution in [3.8, 4) is 22.6 Å². The van der Waals surface area contributed by atoms with Crippen molar-refractivity contribution in [2.24, 2.45) is 5.41 Å². The number of ether oxygens (including phenoxy) is 1. The van der Waals surface area contributed by atoms with Crippen LogP contribution in [0, 0.1) is 17.0 Å². The van der Waals surface area contributed by atoms with Gasteiger partial charge < -0.3 is 9.64 Å². The van der Waals surface area contributed by atoms with Crippen molar-refractivity contribution >= 4 is 5.82 Å². The molecule has 1 saturated heterocycles. The third kappa shape index (κ3) is 3.70. The van der Waals surface area contributed by atoms with E-state index in [0.29, 0.717) is 33.9 Å². The predicted molar refractivity (Wildman–Crippen MR) is 117 cm³/mol. The summed E-state index contributed by atoms with van der Waals surface area (Å²) < 4.78 is 49.2. The Kier molecular flexibility index (Phi) is 4.87. The van der Waals surface area contributed by atoms with E-state index in [0.717, 1.165) is 19.2 Å². The fourth-order valence-corrected chi connectivity index (χ4v) is 4.69. The van der Waals surface area contributed by atoms with Gasteiger partial charge in [-0.1, -0.05) is 12.5 Å². The summed E-state index contributed by atoms with van der Waals surface area (Å²) in [6, 6.07) is 7.86. The highest BCUT2D eigenvalue weighted by Crippen LogP contribution is 2.51. The van der Waals surface area contributed by atoms with Crippen molar-refractivity contribution in [3.63, 3.8) is 0 Å². The number of hydrogen-bond donors (Lipinski definition) is 0. The summed E-state index contributed by atoms with van der Waals surface area (Å²) in [5.41, 5.74) is -0.619. The Hall–Kier alpha value is -3.09. The van der Waals surface area contributed by atoms with Crippen molar-refractivity contribution < 1.29 is 17.9 Å². The normalized spacial score (nSPS) is 17.1. The van der Waals surface area contributed by atoms with Crippen molar-refractivity contribution in [1.82, 2.24) is 9.97 Å². The van der Waals surface area contributed by atoms with Crippen LogP contribution in [0.2, 0.25) is 0 Å². The number of hydrogen-bond acceptors (Lipinski definition) is 4. The van der Waals surface area contributed by atoms with E-state index >= 15 is 0 Å². The molecule has 0 amide bonds. The molecule has 0 radical (unpaired) electrons. The summed E-state index contributed by atoms with van der Waals surface area (Å²) in [7, 11) is 0. The molecule has 1 aromatic heterocycles. The standard InChI is InChI=1S/C25H24F3N3O/c1-24(2,28)20-11-17(27)4-6-18(20)19-10-16(26)5-7-21(19)32-22-12-29-15-30-23(22)31-13-25(14-31)8-3-9-25/h4-7,10-12,15H,3,8-9,13-14H2,1-2H3. The van der Waals surface area contributed by atoms with Gasteiger partial charge in [0.15, 0.2) is 11.6 Å². The van der Waals surface area contributed by atoms with Crippen LogP contribution in [0.4, 0.5) is 19.0 Å². The third-order valence-corrected chi connectivity index (χ3v) is 6.50. The molecule has 7 heteroatoms. The lowest BCUT2D eigenvalue weighted by Crippen LogP contribution is -2.60. The van der Waals surface area contributed by atoms with Crippen LogP contribution in [0.3, 0.4) is 0 Å². The number of alkyl halides is 1. The molecule has 2 fully saturated rings. The predicted octanol–water partition coefficient (Wildman–Crippen LogP) is 6.41. The maximum Gasteiger partial charge on any atom is 0.188 e. The summed E-state index contributed by atoms with van der Waals surface area (Å²) in [4.78, 5) is 10.7. The molecule has 32 heavy (non-hydrogen) atoms. The Bertz CT molecular complexity index is 1160. The second kappa shape index (κ2) is 7.50. The number of rotatable bonds is 5. The second-order valence-corrected chi connectivity index (χ2v) is 9.33. The number of aromatic nitrogens is 2. The van der Waals surface area contributed by atoms with Gasteiger partial charge in [-0.15, -0.1) is 0 Å². The van der Waals surface area contributed by atoms with Crippen LogP contribution in [0.15, 0.2) is 48.9 Å². The molecule has 2 aliphatic rings. The first kappa shape index (κ1) is 20.8. The van der Waals surface area contributed by atoms with Crippen LogP contribution < -0.4 is 9.64 Å². The zero-order chi connectivity index (χ0) is 22.5. The maximum atomic E-state index is 14.9. The lowest BCUT2D eigenvalue weighted by Gasteiger charge is -2.56. The average Bonchev–Trinajstić information content (AvgIpc) is 2.68. The summed E-state index contributed by atoms with van der Waals surface area (Å²) >= 11 is 0. The minimum Gasteiger partial charge on any atom is -0.451 e. The molecule has 0 atom stereocenters. The van der Waals surface area contributed by atoms with Crippen LogP contribution in [0.5, 0.6) is 11.5 Å². The van der Waals surface area contributed by atoms with Gasteiger partial charge in [0.2, 0.25) is 0 Å². The van der Waals surface area contributed by atoms with Gasteiger partial charge in [-0.25, -0.2) is 23.1 Å². The van der Waals surface area contributed by atoms with E-state index < -0.39 is 17.3 Å². The fourth-order valence-electron chi connectivity index (χ4n) is 4.69. The van der Waals surface area contributed by atoms with Crippen molar-refractivity contribution in [1.29, 1.82) is 0 Å². The Labute approximate surface area is 185 Å². The first-order valence-electron chi connectivity index (χ1n) is 10.8. The highest BCUT2D eigenvalue weighted by atomic mass is 19.1. The van der Waals surface area contributed by atoms with Gasteiger partial charge in [-0.3, -0.25) is 0 Å². The molecule has 1 aliphatic heterocycles. The maximum absolute atomic E-state index is 14.9. The van der Waals surface area contributed by atoms with E-state index in [1.165, 1.54) is 69.8 Å². The molecule has 4 nitrogen and oxygen atoms in total. The molecule has 0 bridgehead atoms. The molecule has 1 spiro atoms. The molecule has 0 unspecified atom stereocenters. The van der Waals surface area contributed by atoms with Gasteiger partial charge in [0.25, 0.3) is 0 Å². The molecular weight excluding hydrogens is 415 g/mol.